The van der Waals surface area contributed by atoms with Crippen LogP contribution in [0.25, 0.3) is 0 Å². The Kier molecular flexibility index (Phi) is 4.98. The zero-order valence-corrected chi connectivity index (χ0v) is 14.3. The Hall–Kier alpha value is -1.85. The Balaban J connectivity index is 1.93. The van der Waals surface area contributed by atoms with E-state index in [9.17, 15) is 4.79 Å². The number of hydrogen-bond donors (Lipinski definition) is 0. The maximum Gasteiger partial charge on any atom is 0.228 e. The van der Waals surface area contributed by atoms with Gasteiger partial charge in [0.2, 0.25) is 5.91 Å². The van der Waals surface area contributed by atoms with Gasteiger partial charge in [-0.15, -0.1) is 11.8 Å². The van der Waals surface area contributed by atoms with E-state index in [2.05, 4.69) is 22.0 Å². The first-order valence-electron chi connectivity index (χ1n) is 7.76. The predicted molar refractivity (Wildman–Crippen MR) is 94.8 cm³/mol. The highest BCUT2D eigenvalue weighted by atomic mass is 32.2. The van der Waals surface area contributed by atoms with Crippen LogP contribution in [0, 0.1) is 0 Å². The maximum absolute atomic E-state index is 12.8. The van der Waals surface area contributed by atoms with Crippen molar-refractivity contribution in [3.8, 4) is 0 Å². The number of likely N-dealkylation sites (N-methyl/N-ethyl adjacent to an activating group) is 1. The van der Waals surface area contributed by atoms with Crippen molar-refractivity contribution in [1.29, 1.82) is 0 Å². The molecule has 1 amide bonds. The third-order valence-corrected chi connectivity index (χ3v) is 5.24. The van der Waals surface area contributed by atoms with Crippen LogP contribution < -0.4 is 4.90 Å². The zero-order chi connectivity index (χ0) is 16.2. The first-order chi connectivity index (χ1) is 11.1. The van der Waals surface area contributed by atoms with Gasteiger partial charge >= 0.3 is 0 Å². The summed E-state index contributed by atoms with van der Waals surface area (Å²) in [5.74, 6) is 0.179. The topological polar surface area (TPSA) is 36.4 Å². The van der Waals surface area contributed by atoms with Gasteiger partial charge in [-0.3, -0.25) is 9.78 Å². The average Bonchev–Trinajstić information content (AvgIpc) is 2.70. The number of rotatable bonds is 4. The van der Waals surface area contributed by atoms with Crippen molar-refractivity contribution in [1.82, 2.24) is 9.88 Å². The Bertz CT molecular complexity index is 675. The number of carbonyl (C=O) groups excluding carboxylic acids is 1. The van der Waals surface area contributed by atoms with E-state index in [1.807, 2.05) is 49.5 Å². The van der Waals surface area contributed by atoms with Crippen LogP contribution in [0.15, 0.2) is 53.7 Å². The lowest BCUT2D eigenvalue weighted by Gasteiger charge is -2.24. The molecule has 23 heavy (non-hydrogen) atoms. The number of carbonyl (C=O) groups is 1. The lowest BCUT2D eigenvalue weighted by molar-refractivity contribution is -0.118. The van der Waals surface area contributed by atoms with E-state index in [-0.39, 0.29) is 11.2 Å². The molecule has 1 aliphatic rings. The molecule has 0 radical (unpaired) electrons. The minimum Gasteiger partial charge on any atom is -0.310 e. The summed E-state index contributed by atoms with van der Waals surface area (Å²) in [5.41, 5.74) is 2.13. The van der Waals surface area contributed by atoms with Crippen LogP contribution in [-0.4, -0.2) is 43.0 Å². The molecular formula is C18H21N3OS. The highest BCUT2D eigenvalue weighted by Crippen LogP contribution is 2.45. The lowest BCUT2D eigenvalue weighted by atomic mass is 10.1. The van der Waals surface area contributed by atoms with Crippen LogP contribution in [0.5, 0.6) is 0 Å². The SMILES string of the molecule is CN(C)CCN1C(=O)CC(c2cccnc2)Sc2ccccc21. The van der Waals surface area contributed by atoms with E-state index in [4.69, 9.17) is 0 Å². The third kappa shape index (κ3) is 3.74. The summed E-state index contributed by atoms with van der Waals surface area (Å²) in [6.45, 7) is 1.56. The summed E-state index contributed by atoms with van der Waals surface area (Å²) >= 11 is 1.76. The number of thioether (sulfide) groups is 1. The normalized spacial score (nSPS) is 18.0. The number of aromatic nitrogens is 1. The largest absolute Gasteiger partial charge is 0.310 e. The number of anilines is 1. The van der Waals surface area contributed by atoms with E-state index in [1.54, 1.807) is 18.0 Å². The highest BCUT2D eigenvalue weighted by molar-refractivity contribution is 7.99. The van der Waals surface area contributed by atoms with E-state index in [0.29, 0.717) is 13.0 Å². The van der Waals surface area contributed by atoms with Crippen molar-refractivity contribution in [2.75, 3.05) is 32.1 Å². The molecule has 0 saturated heterocycles. The molecule has 0 aliphatic carbocycles. The number of benzene rings is 1. The minimum absolute atomic E-state index is 0.113. The monoisotopic (exact) mass is 327 g/mol. The Labute approximate surface area is 141 Å². The van der Waals surface area contributed by atoms with Gasteiger partial charge in [0.15, 0.2) is 0 Å². The summed E-state index contributed by atoms with van der Waals surface area (Å²) in [4.78, 5) is 22.2. The highest BCUT2D eigenvalue weighted by Gasteiger charge is 2.29. The molecule has 0 fully saturated rings. The van der Waals surface area contributed by atoms with Crippen molar-refractivity contribution in [2.24, 2.45) is 0 Å². The van der Waals surface area contributed by atoms with E-state index >= 15 is 0 Å². The van der Waals surface area contributed by atoms with Gasteiger partial charge in [0.1, 0.15) is 0 Å². The second kappa shape index (κ2) is 7.15. The van der Waals surface area contributed by atoms with Crippen molar-refractivity contribution in [3.63, 3.8) is 0 Å². The van der Waals surface area contributed by atoms with Crippen molar-refractivity contribution in [2.45, 2.75) is 16.6 Å². The van der Waals surface area contributed by atoms with Crippen LogP contribution in [0.3, 0.4) is 0 Å². The van der Waals surface area contributed by atoms with E-state index < -0.39 is 0 Å². The summed E-state index contributed by atoms with van der Waals surface area (Å²) in [5, 5.41) is 0.113. The number of para-hydroxylation sites is 1. The van der Waals surface area contributed by atoms with Crippen LogP contribution in [0.2, 0.25) is 0 Å². The molecule has 1 atom stereocenters. The lowest BCUT2D eigenvalue weighted by Crippen LogP contribution is -2.36. The number of nitrogens with zero attached hydrogens (tertiary/aromatic N) is 3. The molecule has 1 aromatic heterocycles. The van der Waals surface area contributed by atoms with Gasteiger partial charge in [-0.2, -0.15) is 0 Å². The first kappa shape index (κ1) is 16.0. The van der Waals surface area contributed by atoms with Crippen molar-refractivity contribution in [3.05, 3.63) is 54.4 Å². The van der Waals surface area contributed by atoms with Crippen molar-refractivity contribution < 1.29 is 4.79 Å². The zero-order valence-electron chi connectivity index (χ0n) is 13.5. The second-order valence-corrected chi connectivity index (χ2v) is 7.16. The quantitative estimate of drug-likeness (QED) is 0.864. The minimum atomic E-state index is 0.113. The van der Waals surface area contributed by atoms with E-state index in [0.717, 1.165) is 22.7 Å². The molecule has 2 aromatic rings. The van der Waals surface area contributed by atoms with Gasteiger partial charge in [0.05, 0.1) is 5.69 Å². The number of hydrogen-bond acceptors (Lipinski definition) is 4. The Morgan fingerprint density at radius 2 is 2.09 bits per heavy atom. The average molecular weight is 327 g/mol. The maximum atomic E-state index is 12.8. The second-order valence-electron chi connectivity index (χ2n) is 5.91. The predicted octanol–water partition coefficient (Wildman–Crippen LogP) is 3.21. The summed E-state index contributed by atoms with van der Waals surface area (Å²) in [6.07, 6.45) is 4.13. The molecular weight excluding hydrogens is 306 g/mol. The van der Waals surface area contributed by atoms with Crippen LogP contribution in [0.1, 0.15) is 17.2 Å². The molecule has 1 aliphatic heterocycles. The molecule has 1 aromatic carbocycles. The molecule has 0 saturated carbocycles. The Morgan fingerprint density at radius 1 is 1.26 bits per heavy atom. The molecule has 5 heteroatoms. The third-order valence-electron chi connectivity index (χ3n) is 3.91. The van der Waals surface area contributed by atoms with Crippen LogP contribution >= 0.6 is 11.8 Å². The van der Waals surface area contributed by atoms with Gasteiger partial charge in [-0.05, 0) is 37.9 Å². The summed E-state index contributed by atoms with van der Waals surface area (Å²) in [6, 6.07) is 12.2. The molecule has 1 unspecified atom stereocenters. The van der Waals surface area contributed by atoms with Gasteiger partial charge in [-0.25, -0.2) is 0 Å². The van der Waals surface area contributed by atoms with Gasteiger partial charge in [0, 0.05) is 42.0 Å². The summed E-state index contributed by atoms with van der Waals surface area (Å²) in [7, 11) is 4.06. The van der Waals surface area contributed by atoms with Gasteiger partial charge in [-0.1, -0.05) is 18.2 Å². The fraction of sp³-hybridized carbons (Fsp3) is 0.333. The van der Waals surface area contributed by atoms with Gasteiger partial charge in [0.25, 0.3) is 0 Å². The van der Waals surface area contributed by atoms with Crippen LogP contribution in [-0.2, 0) is 4.79 Å². The number of amides is 1. The molecule has 4 nitrogen and oxygen atoms in total. The summed E-state index contributed by atoms with van der Waals surface area (Å²) < 4.78 is 0. The Morgan fingerprint density at radius 3 is 2.83 bits per heavy atom. The van der Waals surface area contributed by atoms with Crippen LogP contribution in [0.4, 0.5) is 5.69 Å². The first-order valence-corrected chi connectivity index (χ1v) is 8.64. The molecule has 3 rings (SSSR count). The fourth-order valence-electron chi connectivity index (χ4n) is 2.68. The molecule has 0 bridgehead atoms. The van der Waals surface area contributed by atoms with E-state index in [1.165, 1.54) is 0 Å². The van der Waals surface area contributed by atoms with Crippen molar-refractivity contribution >= 4 is 23.4 Å². The fourth-order valence-corrected chi connectivity index (χ4v) is 3.94. The number of fused-ring (bicyclic) bond motifs is 1. The van der Waals surface area contributed by atoms with Gasteiger partial charge < -0.3 is 9.80 Å². The standard InChI is InChI=1S/C18H21N3OS/c1-20(2)10-11-21-15-7-3-4-8-16(15)23-17(12-18(21)22)14-6-5-9-19-13-14/h3-9,13,17H,10-12H2,1-2H3. The smallest absolute Gasteiger partial charge is 0.228 e. The molecule has 2 heterocycles. The molecule has 0 spiro atoms. The number of pyridine rings is 1. The molecule has 0 N–H and O–H groups in total. The molecule has 120 valence electrons.